The van der Waals surface area contributed by atoms with Crippen molar-refractivity contribution in [3.05, 3.63) is 64.7 Å². The normalized spacial score (nSPS) is 19.3. The molecule has 3 atom stereocenters. The SMILES string of the molecule is CC1CCCC(C)N1C(=O)COc1ccc(C(=O)NCC(c2ccccc2Cl)N(C)C)cc1. The van der Waals surface area contributed by atoms with Gasteiger partial charge in [0.1, 0.15) is 5.75 Å². The number of ether oxygens (including phenoxy) is 1. The molecule has 2 amide bonds. The van der Waals surface area contributed by atoms with Gasteiger partial charge in [0, 0.05) is 29.2 Å². The number of nitrogens with zero attached hydrogens (tertiary/aromatic N) is 2. The quantitative estimate of drug-likeness (QED) is 0.614. The van der Waals surface area contributed by atoms with Crippen LogP contribution in [-0.2, 0) is 4.79 Å². The van der Waals surface area contributed by atoms with E-state index in [4.69, 9.17) is 16.3 Å². The van der Waals surface area contributed by atoms with Crippen LogP contribution in [-0.4, -0.2) is 60.9 Å². The molecule has 0 spiro atoms. The largest absolute Gasteiger partial charge is 0.484 e. The Morgan fingerprint density at radius 3 is 2.33 bits per heavy atom. The molecule has 0 bridgehead atoms. The Morgan fingerprint density at radius 1 is 1.09 bits per heavy atom. The molecule has 2 aromatic carbocycles. The van der Waals surface area contributed by atoms with Crippen molar-refractivity contribution in [2.75, 3.05) is 27.2 Å². The van der Waals surface area contributed by atoms with Gasteiger partial charge >= 0.3 is 0 Å². The van der Waals surface area contributed by atoms with Gasteiger partial charge in [-0.05, 0) is 83.1 Å². The van der Waals surface area contributed by atoms with Crippen LogP contribution in [0.4, 0.5) is 0 Å². The topological polar surface area (TPSA) is 61.9 Å². The smallest absolute Gasteiger partial charge is 0.260 e. The minimum Gasteiger partial charge on any atom is -0.484 e. The number of likely N-dealkylation sites (tertiary alicyclic amines) is 1. The van der Waals surface area contributed by atoms with E-state index in [9.17, 15) is 9.59 Å². The molecule has 1 saturated heterocycles. The van der Waals surface area contributed by atoms with Gasteiger partial charge in [-0.1, -0.05) is 29.8 Å². The fourth-order valence-corrected chi connectivity index (χ4v) is 4.70. The van der Waals surface area contributed by atoms with Crippen molar-refractivity contribution in [2.45, 2.75) is 51.2 Å². The second-order valence-corrected chi connectivity index (χ2v) is 9.36. The first-order chi connectivity index (χ1) is 15.8. The molecule has 0 aliphatic carbocycles. The second kappa shape index (κ2) is 11.5. The number of carbonyl (C=O) groups is 2. The molecule has 0 saturated carbocycles. The number of hydrogen-bond donors (Lipinski definition) is 1. The van der Waals surface area contributed by atoms with E-state index < -0.39 is 0 Å². The first-order valence-corrected chi connectivity index (χ1v) is 11.9. The molecular formula is C26H34ClN3O3. The van der Waals surface area contributed by atoms with E-state index in [-0.39, 0.29) is 36.5 Å². The van der Waals surface area contributed by atoms with Crippen LogP contribution < -0.4 is 10.1 Å². The van der Waals surface area contributed by atoms with Gasteiger partial charge in [0.25, 0.3) is 11.8 Å². The maximum absolute atomic E-state index is 12.7. The zero-order valence-electron chi connectivity index (χ0n) is 19.9. The van der Waals surface area contributed by atoms with Crippen molar-refractivity contribution < 1.29 is 14.3 Å². The molecule has 0 aromatic heterocycles. The lowest BCUT2D eigenvalue weighted by atomic mass is 9.97. The van der Waals surface area contributed by atoms with Gasteiger partial charge in [0.15, 0.2) is 6.61 Å². The Labute approximate surface area is 201 Å². The van der Waals surface area contributed by atoms with Crippen molar-refractivity contribution in [3.63, 3.8) is 0 Å². The van der Waals surface area contributed by atoms with Gasteiger partial charge in [0.05, 0.1) is 6.04 Å². The average molecular weight is 472 g/mol. The Morgan fingerprint density at radius 2 is 1.73 bits per heavy atom. The number of hydrogen-bond acceptors (Lipinski definition) is 4. The third-order valence-corrected chi connectivity index (χ3v) is 6.65. The summed E-state index contributed by atoms with van der Waals surface area (Å²) in [6, 6.07) is 15.0. The van der Waals surface area contributed by atoms with Crippen molar-refractivity contribution in [1.29, 1.82) is 0 Å². The maximum Gasteiger partial charge on any atom is 0.260 e. The first kappa shape index (κ1) is 25.1. The summed E-state index contributed by atoms with van der Waals surface area (Å²) in [5.41, 5.74) is 1.50. The predicted octanol–water partition coefficient (Wildman–Crippen LogP) is 4.54. The number of likely N-dealkylation sites (N-methyl/N-ethyl adjacent to an activating group) is 1. The van der Waals surface area contributed by atoms with Gasteiger partial charge in [-0.15, -0.1) is 0 Å². The number of halogens is 1. The number of carbonyl (C=O) groups excluding carboxylic acids is 2. The molecule has 1 aliphatic heterocycles. The molecule has 33 heavy (non-hydrogen) atoms. The van der Waals surface area contributed by atoms with Crippen LogP contribution >= 0.6 is 11.6 Å². The lowest BCUT2D eigenvalue weighted by Crippen LogP contribution is -2.49. The molecule has 1 aliphatic rings. The molecule has 2 aromatic rings. The third-order valence-electron chi connectivity index (χ3n) is 6.30. The van der Waals surface area contributed by atoms with E-state index in [1.165, 1.54) is 0 Å². The Bertz CT molecular complexity index is 938. The van der Waals surface area contributed by atoms with Gasteiger partial charge in [-0.3, -0.25) is 9.59 Å². The minimum atomic E-state index is -0.174. The number of rotatable bonds is 8. The summed E-state index contributed by atoms with van der Waals surface area (Å²) < 4.78 is 5.71. The summed E-state index contributed by atoms with van der Waals surface area (Å²) in [7, 11) is 3.91. The van der Waals surface area contributed by atoms with Crippen LogP contribution in [0.1, 0.15) is 55.1 Å². The molecule has 178 valence electrons. The van der Waals surface area contributed by atoms with Crippen LogP contribution in [0.2, 0.25) is 5.02 Å². The summed E-state index contributed by atoms with van der Waals surface area (Å²) in [4.78, 5) is 29.3. The van der Waals surface area contributed by atoms with E-state index in [1.54, 1.807) is 24.3 Å². The average Bonchev–Trinajstić information content (AvgIpc) is 2.79. The molecule has 7 heteroatoms. The van der Waals surface area contributed by atoms with Gasteiger partial charge in [-0.2, -0.15) is 0 Å². The summed E-state index contributed by atoms with van der Waals surface area (Å²) in [6.07, 6.45) is 3.22. The van der Waals surface area contributed by atoms with Crippen molar-refractivity contribution in [3.8, 4) is 5.75 Å². The lowest BCUT2D eigenvalue weighted by molar-refractivity contribution is -0.139. The molecule has 3 unspecified atom stereocenters. The molecule has 6 nitrogen and oxygen atoms in total. The fourth-order valence-electron chi connectivity index (χ4n) is 4.44. The van der Waals surface area contributed by atoms with Crippen LogP contribution in [0, 0.1) is 0 Å². The Hall–Kier alpha value is -2.57. The summed E-state index contributed by atoms with van der Waals surface area (Å²) in [5.74, 6) is 0.401. The van der Waals surface area contributed by atoms with Crippen molar-refractivity contribution >= 4 is 23.4 Å². The van der Waals surface area contributed by atoms with E-state index in [0.717, 1.165) is 24.8 Å². The van der Waals surface area contributed by atoms with E-state index in [1.807, 2.05) is 48.2 Å². The summed E-state index contributed by atoms with van der Waals surface area (Å²) in [5, 5.41) is 3.66. The van der Waals surface area contributed by atoms with E-state index in [2.05, 4.69) is 19.2 Å². The number of amides is 2. The molecular weight excluding hydrogens is 438 g/mol. The summed E-state index contributed by atoms with van der Waals surface area (Å²) >= 11 is 6.35. The second-order valence-electron chi connectivity index (χ2n) is 8.95. The molecule has 3 rings (SSSR count). The monoisotopic (exact) mass is 471 g/mol. The third kappa shape index (κ3) is 6.49. The zero-order chi connectivity index (χ0) is 24.0. The number of piperidine rings is 1. The van der Waals surface area contributed by atoms with Crippen molar-refractivity contribution in [2.24, 2.45) is 0 Å². The summed E-state index contributed by atoms with van der Waals surface area (Å²) in [6.45, 7) is 4.61. The van der Waals surface area contributed by atoms with E-state index in [0.29, 0.717) is 22.9 Å². The van der Waals surface area contributed by atoms with Crippen LogP contribution in [0.5, 0.6) is 5.75 Å². The van der Waals surface area contributed by atoms with Gasteiger partial charge < -0.3 is 19.9 Å². The van der Waals surface area contributed by atoms with Crippen LogP contribution in [0.3, 0.4) is 0 Å². The van der Waals surface area contributed by atoms with Crippen molar-refractivity contribution in [1.82, 2.24) is 15.1 Å². The van der Waals surface area contributed by atoms with Crippen LogP contribution in [0.15, 0.2) is 48.5 Å². The highest BCUT2D eigenvalue weighted by atomic mass is 35.5. The molecule has 1 fully saturated rings. The van der Waals surface area contributed by atoms with E-state index >= 15 is 0 Å². The Kier molecular flexibility index (Phi) is 8.75. The van der Waals surface area contributed by atoms with Crippen LogP contribution in [0.25, 0.3) is 0 Å². The van der Waals surface area contributed by atoms with Gasteiger partial charge in [-0.25, -0.2) is 0 Å². The number of benzene rings is 2. The predicted molar refractivity (Wildman–Crippen MR) is 132 cm³/mol. The zero-order valence-corrected chi connectivity index (χ0v) is 20.6. The first-order valence-electron chi connectivity index (χ1n) is 11.5. The minimum absolute atomic E-state index is 0.00255. The molecule has 0 radical (unpaired) electrons. The number of nitrogens with one attached hydrogen (secondary N) is 1. The highest BCUT2D eigenvalue weighted by Crippen LogP contribution is 2.26. The fraction of sp³-hybridized carbons (Fsp3) is 0.462. The maximum atomic E-state index is 12.7. The standard InChI is InChI=1S/C26H34ClN3O3/c1-18-8-7-9-19(2)30(18)25(31)17-33-21-14-12-20(13-15-21)26(32)28-16-24(29(3)4)22-10-5-6-11-23(22)27/h5-6,10-15,18-19,24H,7-9,16-17H2,1-4H3,(H,28,32). The lowest BCUT2D eigenvalue weighted by Gasteiger charge is -2.38. The molecule has 1 N–H and O–H groups in total. The Balaban J connectivity index is 1.54. The van der Waals surface area contributed by atoms with Gasteiger partial charge in [0.2, 0.25) is 0 Å². The highest BCUT2D eigenvalue weighted by Gasteiger charge is 2.29. The molecule has 1 heterocycles. The highest BCUT2D eigenvalue weighted by molar-refractivity contribution is 6.31.